The summed E-state index contributed by atoms with van der Waals surface area (Å²) in [5.41, 5.74) is 9.40. The van der Waals surface area contributed by atoms with E-state index in [4.69, 9.17) is 0 Å². The van der Waals surface area contributed by atoms with Crippen molar-refractivity contribution in [2.45, 2.75) is 105 Å². The van der Waals surface area contributed by atoms with E-state index in [0.29, 0.717) is 25.4 Å². The average molecular weight is 488 g/mol. The molecule has 0 radical (unpaired) electrons. The standard InChI is InChI=1S/C20H37N7O3S2/c1-12-9-14(25(4)23-12)11-26-16-6-5-15(32(29,30)24-20(3)7-8-20)10-17(16)27(19(26)28)18-22-21-13(2)31-18/h12-18,21-24H,5-11H2,1-4H3. The molecule has 5 aliphatic rings. The van der Waals surface area contributed by atoms with Crippen LogP contribution in [-0.2, 0) is 10.0 Å². The first kappa shape index (κ1) is 23.1. The number of fused-ring (bicyclic) bond motifs is 1. The number of carbonyl (C=O) groups excluding carboxylic acids is 1. The minimum absolute atomic E-state index is 0.0222. The van der Waals surface area contributed by atoms with Crippen LogP contribution in [-0.4, -0.2) is 88.7 Å². The number of amides is 2. The molecule has 3 aliphatic heterocycles. The largest absolute Gasteiger partial charge is 0.322 e. The number of thioether (sulfide) groups is 1. The molecule has 0 bridgehead atoms. The number of sulfonamides is 1. The molecule has 5 rings (SSSR count). The molecule has 7 unspecified atom stereocenters. The van der Waals surface area contributed by atoms with Crippen molar-refractivity contribution in [3.8, 4) is 0 Å². The molecular formula is C20H37N7O3S2. The molecule has 3 saturated heterocycles. The van der Waals surface area contributed by atoms with Crippen LogP contribution >= 0.6 is 11.8 Å². The van der Waals surface area contributed by atoms with Gasteiger partial charge in [0.25, 0.3) is 0 Å². The number of urea groups is 1. The number of hydrogen-bond acceptors (Lipinski definition) is 8. The Morgan fingerprint density at radius 2 is 1.91 bits per heavy atom. The van der Waals surface area contributed by atoms with Gasteiger partial charge in [-0.15, -0.1) is 11.8 Å². The zero-order valence-corrected chi connectivity index (χ0v) is 21.0. The second kappa shape index (κ2) is 8.24. The molecule has 2 amide bonds. The summed E-state index contributed by atoms with van der Waals surface area (Å²) in [5, 5.41) is 1.85. The summed E-state index contributed by atoms with van der Waals surface area (Å²) in [7, 11) is -1.38. The van der Waals surface area contributed by atoms with Gasteiger partial charge in [0.15, 0.2) is 0 Å². The molecule has 0 aromatic heterocycles. The molecule has 10 nitrogen and oxygen atoms in total. The highest BCUT2D eigenvalue weighted by Gasteiger charge is 2.55. The SMILES string of the molecule is CC1CC(CN2C(=O)N(C3NNC(C)S3)C3CC(S(=O)(=O)NC4(C)CC4)CCC32)N(C)N1. The van der Waals surface area contributed by atoms with Crippen LogP contribution in [0.2, 0.25) is 0 Å². The molecule has 0 spiro atoms. The Labute approximate surface area is 195 Å². The number of nitrogens with one attached hydrogen (secondary N) is 4. The second-order valence-electron chi connectivity index (χ2n) is 10.6. The van der Waals surface area contributed by atoms with Crippen LogP contribution in [0.25, 0.3) is 0 Å². The van der Waals surface area contributed by atoms with Gasteiger partial charge in [-0.1, -0.05) is 0 Å². The van der Waals surface area contributed by atoms with Crippen molar-refractivity contribution in [1.82, 2.24) is 35.8 Å². The number of hydrogen-bond donors (Lipinski definition) is 4. The van der Waals surface area contributed by atoms with Crippen LogP contribution in [0.3, 0.4) is 0 Å². The maximum atomic E-state index is 13.7. The van der Waals surface area contributed by atoms with Crippen LogP contribution in [0.4, 0.5) is 4.79 Å². The zero-order chi connectivity index (χ0) is 22.8. The van der Waals surface area contributed by atoms with E-state index in [-0.39, 0.29) is 40.6 Å². The van der Waals surface area contributed by atoms with E-state index < -0.39 is 15.3 Å². The second-order valence-corrected chi connectivity index (χ2v) is 14.0. The highest BCUT2D eigenvalue weighted by Crippen LogP contribution is 2.42. The van der Waals surface area contributed by atoms with Gasteiger partial charge in [0.2, 0.25) is 10.0 Å². The van der Waals surface area contributed by atoms with Gasteiger partial charge in [-0.25, -0.2) is 33.8 Å². The lowest BCUT2D eigenvalue weighted by Gasteiger charge is -2.38. The van der Waals surface area contributed by atoms with Gasteiger partial charge in [0.1, 0.15) is 5.50 Å². The molecule has 2 saturated carbocycles. The molecule has 2 aliphatic carbocycles. The molecule has 4 N–H and O–H groups in total. The summed E-state index contributed by atoms with van der Waals surface area (Å²) in [5.74, 6) is 0. The van der Waals surface area contributed by atoms with Crippen LogP contribution in [0.1, 0.15) is 59.3 Å². The van der Waals surface area contributed by atoms with Gasteiger partial charge in [0, 0.05) is 31.2 Å². The molecule has 5 fully saturated rings. The smallest absolute Gasteiger partial charge is 0.318 e. The van der Waals surface area contributed by atoms with E-state index in [0.717, 1.165) is 25.7 Å². The van der Waals surface area contributed by atoms with Gasteiger partial charge >= 0.3 is 6.03 Å². The Kier molecular flexibility index (Phi) is 5.96. The van der Waals surface area contributed by atoms with Crippen molar-refractivity contribution in [2.75, 3.05) is 13.6 Å². The summed E-state index contributed by atoms with van der Waals surface area (Å²) in [6, 6.07) is 0.609. The van der Waals surface area contributed by atoms with Crippen LogP contribution in [0, 0.1) is 0 Å². The Bertz CT molecular complexity index is 854. The Hall–Kier alpha value is -0.630. The predicted octanol–water partition coefficient (Wildman–Crippen LogP) is 0.553. The fraction of sp³-hybridized carbons (Fsp3) is 0.950. The maximum absolute atomic E-state index is 13.7. The van der Waals surface area contributed by atoms with E-state index in [1.807, 2.05) is 23.8 Å². The molecule has 32 heavy (non-hydrogen) atoms. The summed E-state index contributed by atoms with van der Waals surface area (Å²) in [6.07, 6.45) is 4.59. The van der Waals surface area contributed by atoms with Crippen molar-refractivity contribution in [3.63, 3.8) is 0 Å². The molecule has 7 atom stereocenters. The van der Waals surface area contributed by atoms with E-state index >= 15 is 0 Å². The number of carbonyl (C=O) groups is 1. The average Bonchev–Trinajstić information content (AvgIpc) is 3.01. The number of likely N-dealkylation sites (N-methyl/N-ethyl adjacent to an activating group) is 1. The Morgan fingerprint density at radius 3 is 2.50 bits per heavy atom. The number of hydrazine groups is 2. The summed E-state index contributed by atoms with van der Waals surface area (Å²) >= 11 is 1.67. The monoisotopic (exact) mass is 487 g/mol. The lowest BCUT2D eigenvalue weighted by molar-refractivity contribution is 0.146. The fourth-order valence-electron chi connectivity index (χ4n) is 5.75. The highest BCUT2D eigenvalue weighted by atomic mass is 32.2. The first-order valence-electron chi connectivity index (χ1n) is 11.8. The van der Waals surface area contributed by atoms with Crippen molar-refractivity contribution < 1.29 is 13.2 Å². The first-order chi connectivity index (χ1) is 15.1. The molecular weight excluding hydrogens is 450 g/mol. The topological polar surface area (TPSA) is 109 Å². The van der Waals surface area contributed by atoms with Crippen LogP contribution in [0.5, 0.6) is 0 Å². The molecule has 182 valence electrons. The van der Waals surface area contributed by atoms with Crippen molar-refractivity contribution in [3.05, 3.63) is 0 Å². The molecule has 12 heteroatoms. The lowest BCUT2D eigenvalue weighted by Crippen LogP contribution is -2.53. The minimum Gasteiger partial charge on any atom is -0.318 e. The molecule has 0 aromatic carbocycles. The Morgan fingerprint density at radius 1 is 1.16 bits per heavy atom. The van der Waals surface area contributed by atoms with Gasteiger partial charge in [-0.05, 0) is 59.3 Å². The molecule has 0 aromatic rings. The number of rotatable bonds is 6. The lowest BCUT2D eigenvalue weighted by atomic mass is 9.89. The fourth-order valence-corrected chi connectivity index (χ4v) is 8.75. The van der Waals surface area contributed by atoms with Crippen molar-refractivity contribution in [1.29, 1.82) is 0 Å². The van der Waals surface area contributed by atoms with Crippen molar-refractivity contribution >= 4 is 27.8 Å². The summed E-state index contributed by atoms with van der Waals surface area (Å²) in [6.45, 7) is 6.86. The first-order valence-corrected chi connectivity index (χ1v) is 14.3. The van der Waals surface area contributed by atoms with E-state index in [9.17, 15) is 13.2 Å². The van der Waals surface area contributed by atoms with Gasteiger partial charge < -0.3 is 4.90 Å². The van der Waals surface area contributed by atoms with Crippen molar-refractivity contribution in [2.24, 2.45) is 0 Å². The highest BCUT2D eigenvalue weighted by molar-refractivity contribution is 8.00. The summed E-state index contributed by atoms with van der Waals surface area (Å²) in [4.78, 5) is 17.6. The van der Waals surface area contributed by atoms with Gasteiger partial charge in [0.05, 0.1) is 22.7 Å². The van der Waals surface area contributed by atoms with Gasteiger partial charge in [-0.2, -0.15) is 0 Å². The number of nitrogens with zero attached hydrogens (tertiary/aromatic N) is 3. The van der Waals surface area contributed by atoms with Crippen LogP contribution < -0.4 is 21.0 Å². The van der Waals surface area contributed by atoms with E-state index in [2.05, 4.69) is 39.9 Å². The third-order valence-corrected chi connectivity index (χ3v) is 11.0. The molecule has 3 heterocycles. The van der Waals surface area contributed by atoms with Gasteiger partial charge in [-0.3, -0.25) is 10.3 Å². The third-order valence-electron chi connectivity index (χ3n) is 7.79. The maximum Gasteiger partial charge on any atom is 0.322 e. The Balaban J connectivity index is 1.37. The minimum atomic E-state index is -3.42. The third kappa shape index (κ3) is 4.27. The summed E-state index contributed by atoms with van der Waals surface area (Å²) < 4.78 is 29.3. The predicted molar refractivity (Wildman–Crippen MR) is 125 cm³/mol. The van der Waals surface area contributed by atoms with E-state index in [1.165, 1.54) is 0 Å². The van der Waals surface area contributed by atoms with E-state index in [1.54, 1.807) is 11.8 Å². The van der Waals surface area contributed by atoms with Crippen LogP contribution in [0.15, 0.2) is 0 Å². The quantitative estimate of drug-likeness (QED) is 0.430. The zero-order valence-electron chi connectivity index (χ0n) is 19.4. The normalized spacial score (nSPS) is 42.0.